The summed E-state index contributed by atoms with van der Waals surface area (Å²) < 4.78 is 13.3. The number of halogens is 1. The molecule has 0 radical (unpaired) electrons. The number of hydrazine groups is 1. The van der Waals surface area contributed by atoms with E-state index in [9.17, 15) is 4.39 Å². The summed E-state index contributed by atoms with van der Waals surface area (Å²) in [7, 11) is 0. The van der Waals surface area contributed by atoms with Crippen molar-refractivity contribution in [3.05, 3.63) is 35.1 Å². The van der Waals surface area contributed by atoms with Crippen LogP contribution in [0.1, 0.15) is 49.3 Å². The van der Waals surface area contributed by atoms with Gasteiger partial charge in [-0.05, 0) is 42.9 Å². The molecule has 2 rings (SSSR count). The van der Waals surface area contributed by atoms with Crippen molar-refractivity contribution in [2.45, 2.75) is 45.1 Å². The lowest BCUT2D eigenvalue weighted by Crippen LogP contribution is -2.34. The maximum absolute atomic E-state index is 13.3. The van der Waals surface area contributed by atoms with Crippen molar-refractivity contribution in [3.63, 3.8) is 0 Å². The smallest absolute Gasteiger partial charge is 0.126 e. The summed E-state index contributed by atoms with van der Waals surface area (Å²) in [5.41, 5.74) is 4.71. The van der Waals surface area contributed by atoms with Crippen LogP contribution in [0.4, 0.5) is 4.39 Å². The Labute approximate surface area is 102 Å². The first-order valence-electron chi connectivity index (χ1n) is 6.44. The van der Waals surface area contributed by atoms with Crippen LogP contribution in [0.5, 0.6) is 0 Å². The van der Waals surface area contributed by atoms with Gasteiger partial charge in [0, 0.05) is 6.04 Å². The fraction of sp³-hybridized carbons (Fsp3) is 0.571. The van der Waals surface area contributed by atoms with Crippen LogP contribution in [0.25, 0.3) is 0 Å². The quantitative estimate of drug-likeness (QED) is 0.624. The molecule has 94 valence electrons. The molecule has 0 aliphatic heterocycles. The van der Waals surface area contributed by atoms with Crippen molar-refractivity contribution in [3.8, 4) is 0 Å². The van der Waals surface area contributed by atoms with Crippen LogP contribution in [0, 0.1) is 18.7 Å². The second kappa shape index (κ2) is 5.61. The summed E-state index contributed by atoms with van der Waals surface area (Å²) in [6, 6.07) is 5.46. The standard InChI is InChI=1S/C14H21FN2/c1-10-9-12(7-8-13(10)15)14(17-16)11-5-3-2-4-6-11/h7-9,11,14,17H,2-6,16H2,1H3. The van der Waals surface area contributed by atoms with E-state index in [0.717, 1.165) is 5.56 Å². The summed E-state index contributed by atoms with van der Waals surface area (Å²) >= 11 is 0. The highest BCUT2D eigenvalue weighted by Crippen LogP contribution is 2.34. The van der Waals surface area contributed by atoms with Crippen molar-refractivity contribution in [1.82, 2.24) is 5.43 Å². The number of nitrogens with one attached hydrogen (secondary N) is 1. The molecule has 1 fully saturated rings. The van der Waals surface area contributed by atoms with Gasteiger partial charge in [-0.1, -0.05) is 31.4 Å². The maximum Gasteiger partial charge on any atom is 0.126 e. The number of hydrogen-bond donors (Lipinski definition) is 2. The molecule has 3 N–H and O–H groups in total. The van der Waals surface area contributed by atoms with E-state index in [2.05, 4.69) is 5.43 Å². The molecule has 1 saturated carbocycles. The lowest BCUT2D eigenvalue weighted by molar-refractivity contribution is 0.273. The molecule has 0 heterocycles. The molecule has 1 aromatic rings. The number of rotatable bonds is 3. The SMILES string of the molecule is Cc1cc(C(NN)C2CCCCC2)ccc1F. The predicted molar refractivity (Wildman–Crippen MR) is 67.8 cm³/mol. The van der Waals surface area contributed by atoms with Gasteiger partial charge in [0.1, 0.15) is 5.82 Å². The van der Waals surface area contributed by atoms with E-state index in [1.165, 1.54) is 38.2 Å². The minimum absolute atomic E-state index is 0.145. The highest BCUT2D eigenvalue weighted by Gasteiger charge is 2.24. The van der Waals surface area contributed by atoms with E-state index < -0.39 is 0 Å². The van der Waals surface area contributed by atoms with Crippen LogP contribution < -0.4 is 11.3 Å². The van der Waals surface area contributed by atoms with E-state index in [4.69, 9.17) is 5.84 Å². The van der Waals surface area contributed by atoms with Gasteiger partial charge in [0.25, 0.3) is 0 Å². The highest BCUT2D eigenvalue weighted by atomic mass is 19.1. The average Bonchev–Trinajstić information content (AvgIpc) is 2.36. The third-order valence-corrected chi connectivity index (χ3v) is 3.84. The van der Waals surface area contributed by atoms with Crippen molar-refractivity contribution in [1.29, 1.82) is 0 Å². The molecule has 1 atom stereocenters. The zero-order valence-corrected chi connectivity index (χ0v) is 10.4. The third kappa shape index (κ3) is 2.85. The average molecular weight is 236 g/mol. The molecule has 0 saturated heterocycles. The van der Waals surface area contributed by atoms with Gasteiger partial charge in [0.2, 0.25) is 0 Å². The minimum Gasteiger partial charge on any atom is -0.271 e. The fourth-order valence-electron chi connectivity index (χ4n) is 2.83. The Morgan fingerprint density at radius 2 is 2.00 bits per heavy atom. The Bertz CT molecular complexity index is 372. The number of aryl methyl sites for hydroxylation is 1. The van der Waals surface area contributed by atoms with E-state index in [1.54, 1.807) is 6.92 Å². The molecule has 0 bridgehead atoms. The molecular weight excluding hydrogens is 215 g/mol. The highest BCUT2D eigenvalue weighted by molar-refractivity contribution is 5.27. The monoisotopic (exact) mass is 236 g/mol. The van der Waals surface area contributed by atoms with Crippen LogP contribution in [-0.2, 0) is 0 Å². The first kappa shape index (κ1) is 12.5. The lowest BCUT2D eigenvalue weighted by Gasteiger charge is -2.30. The molecule has 0 amide bonds. The molecular formula is C14H21FN2. The van der Waals surface area contributed by atoms with E-state index in [-0.39, 0.29) is 11.9 Å². The molecule has 1 aliphatic carbocycles. The Balaban J connectivity index is 2.18. The second-order valence-corrected chi connectivity index (χ2v) is 5.05. The molecule has 0 aromatic heterocycles. The summed E-state index contributed by atoms with van der Waals surface area (Å²) in [6.07, 6.45) is 6.32. The van der Waals surface area contributed by atoms with Gasteiger partial charge < -0.3 is 0 Å². The van der Waals surface area contributed by atoms with Gasteiger partial charge in [-0.15, -0.1) is 0 Å². The Hall–Kier alpha value is -0.930. The third-order valence-electron chi connectivity index (χ3n) is 3.84. The molecule has 3 heteroatoms. The lowest BCUT2D eigenvalue weighted by atomic mass is 9.81. The minimum atomic E-state index is -0.145. The van der Waals surface area contributed by atoms with Crippen molar-refractivity contribution < 1.29 is 4.39 Å². The van der Waals surface area contributed by atoms with Gasteiger partial charge in [-0.25, -0.2) is 4.39 Å². The molecule has 2 nitrogen and oxygen atoms in total. The second-order valence-electron chi connectivity index (χ2n) is 5.05. The molecule has 17 heavy (non-hydrogen) atoms. The normalized spacial score (nSPS) is 19.2. The van der Waals surface area contributed by atoms with Gasteiger partial charge in [-0.3, -0.25) is 11.3 Å². The first-order valence-corrected chi connectivity index (χ1v) is 6.44. The largest absolute Gasteiger partial charge is 0.271 e. The summed E-state index contributed by atoms with van der Waals surface area (Å²) in [5.74, 6) is 6.12. The van der Waals surface area contributed by atoms with Gasteiger partial charge in [-0.2, -0.15) is 0 Å². The van der Waals surface area contributed by atoms with Crippen LogP contribution in [0.2, 0.25) is 0 Å². The number of hydrogen-bond acceptors (Lipinski definition) is 2. The summed E-state index contributed by atoms with van der Waals surface area (Å²) in [5, 5.41) is 0. The topological polar surface area (TPSA) is 38.0 Å². The number of benzene rings is 1. The Morgan fingerprint density at radius 3 is 2.59 bits per heavy atom. The van der Waals surface area contributed by atoms with Crippen molar-refractivity contribution in [2.75, 3.05) is 0 Å². The Kier molecular flexibility index (Phi) is 4.13. The molecule has 1 aliphatic rings. The Morgan fingerprint density at radius 1 is 1.29 bits per heavy atom. The van der Waals surface area contributed by atoms with Gasteiger partial charge in [0.15, 0.2) is 0 Å². The molecule has 1 unspecified atom stereocenters. The zero-order chi connectivity index (χ0) is 12.3. The van der Waals surface area contributed by atoms with Crippen LogP contribution >= 0.6 is 0 Å². The summed E-state index contributed by atoms with van der Waals surface area (Å²) in [4.78, 5) is 0. The van der Waals surface area contributed by atoms with Gasteiger partial charge >= 0.3 is 0 Å². The van der Waals surface area contributed by atoms with Crippen molar-refractivity contribution >= 4 is 0 Å². The first-order chi connectivity index (χ1) is 8.22. The molecule has 0 spiro atoms. The molecule has 1 aromatic carbocycles. The van der Waals surface area contributed by atoms with E-state index in [0.29, 0.717) is 11.5 Å². The van der Waals surface area contributed by atoms with Crippen LogP contribution in [-0.4, -0.2) is 0 Å². The summed E-state index contributed by atoms with van der Waals surface area (Å²) in [6.45, 7) is 1.80. The van der Waals surface area contributed by atoms with Crippen LogP contribution in [0.15, 0.2) is 18.2 Å². The van der Waals surface area contributed by atoms with Crippen LogP contribution in [0.3, 0.4) is 0 Å². The van der Waals surface area contributed by atoms with E-state index in [1.807, 2.05) is 12.1 Å². The number of nitrogens with two attached hydrogens (primary N) is 1. The zero-order valence-electron chi connectivity index (χ0n) is 10.4. The van der Waals surface area contributed by atoms with Gasteiger partial charge in [0.05, 0.1) is 0 Å². The maximum atomic E-state index is 13.3. The van der Waals surface area contributed by atoms with E-state index >= 15 is 0 Å². The predicted octanol–water partition coefficient (Wildman–Crippen LogP) is 3.22. The fourth-order valence-corrected chi connectivity index (χ4v) is 2.83. The van der Waals surface area contributed by atoms with Crippen molar-refractivity contribution in [2.24, 2.45) is 11.8 Å².